The number of methoxy groups -OCH3 is 1. The fourth-order valence-corrected chi connectivity index (χ4v) is 3.22. The molecule has 0 spiro atoms. The molecule has 5 nitrogen and oxygen atoms in total. The monoisotopic (exact) mass is 394 g/mol. The third kappa shape index (κ3) is 10.7. The Balaban J connectivity index is 0.000000400. The van der Waals surface area contributed by atoms with Crippen LogP contribution in [0.1, 0.15) is 77.6 Å². The van der Waals surface area contributed by atoms with Gasteiger partial charge >= 0.3 is 0 Å². The molecule has 1 aliphatic heterocycles. The lowest BCUT2D eigenvalue weighted by molar-refractivity contribution is -0.0166. The molecule has 162 valence electrons. The van der Waals surface area contributed by atoms with Gasteiger partial charge in [-0.05, 0) is 44.9 Å². The first-order valence-electron chi connectivity index (χ1n) is 10.1. The van der Waals surface area contributed by atoms with Gasteiger partial charge in [0.1, 0.15) is 5.75 Å². The molecule has 2 aliphatic rings. The largest absolute Gasteiger partial charge is 0.495 e. The summed E-state index contributed by atoms with van der Waals surface area (Å²) in [7, 11) is 1.52. The summed E-state index contributed by atoms with van der Waals surface area (Å²) in [6.45, 7) is 10.0. The van der Waals surface area contributed by atoms with Crippen molar-refractivity contribution >= 4 is 11.5 Å². The molecule has 0 amide bonds. The molecular weight excluding hydrogens is 352 g/mol. The number of nitrogens with two attached hydrogens (primary N) is 1. The Kier molecular flexibility index (Phi) is 13.6. The standard InChI is InChI=1S/C9H11NO2.C7H14.C6H13NO.CH4/c1-6(11)7-3-4-8(10)9(5-7)12-2;1-7-5-3-2-4-6-7;1-5-3-7-4-6(2)8-5;/h3-5H,10H2,1-2H3;7H,2-6H2,1H3;5-7H,3-4H2,1-2H3;1H4. The van der Waals surface area contributed by atoms with E-state index in [2.05, 4.69) is 26.1 Å². The summed E-state index contributed by atoms with van der Waals surface area (Å²) in [4.78, 5) is 10.9. The van der Waals surface area contributed by atoms with Gasteiger partial charge in [0.2, 0.25) is 0 Å². The minimum atomic E-state index is 0. The van der Waals surface area contributed by atoms with Crippen LogP contribution in [0.25, 0.3) is 0 Å². The Morgan fingerprint density at radius 2 is 1.68 bits per heavy atom. The minimum Gasteiger partial charge on any atom is -0.495 e. The maximum Gasteiger partial charge on any atom is 0.159 e. The molecule has 2 atom stereocenters. The highest BCUT2D eigenvalue weighted by molar-refractivity contribution is 5.95. The van der Waals surface area contributed by atoms with Gasteiger partial charge in [-0.3, -0.25) is 4.79 Å². The van der Waals surface area contributed by atoms with Crippen molar-refractivity contribution in [3.05, 3.63) is 23.8 Å². The highest BCUT2D eigenvalue weighted by Gasteiger charge is 2.12. The van der Waals surface area contributed by atoms with Crippen molar-refractivity contribution in [2.45, 2.75) is 79.4 Å². The molecule has 1 heterocycles. The van der Waals surface area contributed by atoms with E-state index in [-0.39, 0.29) is 13.2 Å². The maximum atomic E-state index is 10.9. The van der Waals surface area contributed by atoms with Crippen molar-refractivity contribution in [2.24, 2.45) is 5.92 Å². The summed E-state index contributed by atoms with van der Waals surface area (Å²) in [5.41, 5.74) is 6.72. The van der Waals surface area contributed by atoms with Crippen LogP contribution in [0.4, 0.5) is 5.69 Å². The topological polar surface area (TPSA) is 73.6 Å². The molecule has 1 aromatic rings. The lowest BCUT2D eigenvalue weighted by atomic mass is 9.91. The first kappa shape index (κ1) is 26.4. The van der Waals surface area contributed by atoms with Crippen LogP contribution in [0.3, 0.4) is 0 Å². The molecule has 1 saturated heterocycles. The fraction of sp³-hybridized carbons (Fsp3) is 0.696. The van der Waals surface area contributed by atoms with E-state index >= 15 is 0 Å². The Labute approximate surface area is 172 Å². The summed E-state index contributed by atoms with van der Waals surface area (Å²) in [5.74, 6) is 1.59. The molecule has 5 heteroatoms. The van der Waals surface area contributed by atoms with Gasteiger partial charge in [0.15, 0.2) is 5.78 Å². The summed E-state index contributed by atoms with van der Waals surface area (Å²) in [6.07, 6.45) is 8.24. The number of hydrogen-bond acceptors (Lipinski definition) is 5. The van der Waals surface area contributed by atoms with Gasteiger partial charge in [0.25, 0.3) is 0 Å². The smallest absolute Gasteiger partial charge is 0.159 e. The van der Waals surface area contributed by atoms with Gasteiger partial charge in [0, 0.05) is 18.7 Å². The van der Waals surface area contributed by atoms with Crippen LogP contribution in [-0.4, -0.2) is 38.2 Å². The van der Waals surface area contributed by atoms with Gasteiger partial charge in [-0.15, -0.1) is 0 Å². The number of ketones is 1. The molecule has 3 N–H and O–H groups in total. The molecule has 0 aromatic heterocycles. The van der Waals surface area contributed by atoms with E-state index in [0.717, 1.165) is 19.0 Å². The van der Waals surface area contributed by atoms with Gasteiger partial charge in [-0.2, -0.15) is 0 Å². The zero-order chi connectivity index (χ0) is 20.2. The number of anilines is 1. The third-order valence-electron chi connectivity index (χ3n) is 4.86. The Morgan fingerprint density at radius 1 is 1.11 bits per heavy atom. The normalized spacial score (nSPS) is 21.8. The molecule has 0 bridgehead atoms. The van der Waals surface area contributed by atoms with E-state index < -0.39 is 0 Å². The second-order valence-corrected chi connectivity index (χ2v) is 7.67. The number of carbonyl (C=O) groups excluding carboxylic acids is 1. The highest BCUT2D eigenvalue weighted by Crippen LogP contribution is 2.22. The van der Waals surface area contributed by atoms with Crippen LogP contribution in [0.2, 0.25) is 0 Å². The first-order valence-corrected chi connectivity index (χ1v) is 10.1. The highest BCUT2D eigenvalue weighted by atomic mass is 16.5. The second kappa shape index (κ2) is 14.4. The van der Waals surface area contributed by atoms with E-state index in [9.17, 15) is 4.79 Å². The molecular formula is C23H42N2O3. The summed E-state index contributed by atoms with van der Waals surface area (Å²) < 4.78 is 10.4. The lowest BCUT2D eigenvalue weighted by Gasteiger charge is -2.25. The van der Waals surface area contributed by atoms with Gasteiger partial charge in [-0.1, -0.05) is 46.5 Å². The number of nitrogens with one attached hydrogen (secondary N) is 1. The molecule has 1 aromatic carbocycles. The summed E-state index contributed by atoms with van der Waals surface area (Å²) in [5, 5.41) is 3.26. The minimum absolute atomic E-state index is 0. The Hall–Kier alpha value is -1.59. The number of carbonyl (C=O) groups is 1. The van der Waals surface area contributed by atoms with E-state index in [1.54, 1.807) is 18.2 Å². The van der Waals surface area contributed by atoms with Crippen molar-refractivity contribution in [3.8, 4) is 5.75 Å². The average Bonchev–Trinajstić information content (AvgIpc) is 2.63. The van der Waals surface area contributed by atoms with E-state index in [0.29, 0.717) is 29.2 Å². The predicted octanol–water partition coefficient (Wildman–Crippen LogP) is 5.09. The van der Waals surface area contributed by atoms with Crippen LogP contribution in [0, 0.1) is 5.92 Å². The van der Waals surface area contributed by atoms with Gasteiger partial charge in [0.05, 0.1) is 25.0 Å². The van der Waals surface area contributed by atoms with Crippen molar-refractivity contribution in [2.75, 3.05) is 25.9 Å². The van der Waals surface area contributed by atoms with Crippen molar-refractivity contribution < 1.29 is 14.3 Å². The molecule has 0 radical (unpaired) electrons. The molecule has 2 unspecified atom stereocenters. The second-order valence-electron chi connectivity index (χ2n) is 7.67. The Bertz CT molecular complexity index is 549. The Morgan fingerprint density at radius 3 is 2.04 bits per heavy atom. The molecule has 1 saturated carbocycles. The summed E-state index contributed by atoms with van der Waals surface area (Å²) >= 11 is 0. The number of benzene rings is 1. The maximum absolute atomic E-state index is 10.9. The number of morpholine rings is 1. The zero-order valence-corrected chi connectivity index (χ0v) is 17.7. The van der Waals surface area contributed by atoms with Crippen LogP contribution in [0.5, 0.6) is 5.75 Å². The van der Waals surface area contributed by atoms with Gasteiger partial charge < -0.3 is 20.5 Å². The molecule has 3 rings (SSSR count). The predicted molar refractivity (Wildman–Crippen MR) is 119 cm³/mol. The fourth-order valence-electron chi connectivity index (χ4n) is 3.22. The van der Waals surface area contributed by atoms with Crippen LogP contribution < -0.4 is 15.8 Å². The van der Waals surface area contributed by atoms with E-state index in [1.807, 2.05) is 0 Å². The average molecular weight is 395 g/mol. The quantitative estimate of drug-likeness (QED) is 0.540. The first-order chi connectivity index (χ1) is 12.8. The number of ether oxygens (including phenoxy) is 2. The zero-order valence-electron chi connectivity index (χ0n) is 17.7. The van der Waals surface area contributed by atoms with E-state index in [1.165, 1.54) is 46.1 Å². The molecule has 2 fully saturated rings. The molecule has 28 heavy (non-hydrogen) atoms. The van der Waals surface area contributed by atoms with E-state index in [4.69, 9.17) is 15.2 Å². The SMILES string of the molecule is C.CC1CCCCC1.CC1CNCC(C)O1.COc1cc(C(C)=O)ccc1N. The van der Waals surface area contributed by atoms with Crippen LogP contribution >= 0.6 is 0 Å². The number of Topliss-reactive ketones (excluding diaryl/α,β-unsaturated/α-hetero) is 1. The van der Waals surface area contributed by atoms with Crippen molar-refractivity contribution in [3.63, 3.8) is 0 Å². The third-order valence-corrected chi connectivity index (χ3v) is 4.86. The van der Waals surface area contributed by atoms with Crippen molar-refractivity contribution in [1.82, 2.24) is 5.32 Å². The van der Waals surface area contributed by atoms with Crippen LogP contribution in [0.15, 0.2) is 18.2 Å². The number of rotatable bonds is 2. The lowest BCUT2D eigenvalue weighted by Crippen LogP contribution is -2.41. The summed E-state index contributed by atoms with van der Waals surface area (Å²) in [6, 6.07) is 4.98. The number of hydrogen-bond donors (Lipinski definition) is 2. The molecule has 1 aliphatic carbocycles. The van der Waals surface area contributed by atoms with Crippen molar-refractivity contribution in [1.29, 1.82) is 0 Å². The van der Waals surface area contributed by atoms with Crippen LogP contribution in [-0.2, 0) is 4.74 Å². The van der Waals surface area contributed by atoms with Gasteiger partial charge in [-0.25, -0.2) is 0 Å². The number of nitrogen functional groups attached to an aromatic ring is 1.